The first-order valence-electron chi connectivity index (χ1n) is 6.04. The molecule has 1 heterocycles. The van der Waals surface area contributed by atoms with E-state index >= 15 is 0 Å². The lowest BCUT2D eigenvalue weighted by Gasteiger charge is -2.11. The van der Waals surface area contributed by atoms with Gasteiger partial charge < -0.3 is 10.3 Å². The van der Waals surface area contributed by atoms with E-state index in [1.807, 2.05) is 25.5 Å². The molecule has 0 aliphatic rings. The standard InChI is InChI=1S/C15H21FN2/c1-5-6-7-14(16)13(8-9-17)15-11(2)10-12(3)18(15)4/h5-7,10H,1,8-9,17H2,2-4H3/b7-6-,14-13-. The maximum absolute atomic E-state index is 14.2. The van der Waals surface area contributed by atoms with Gasteiger partial charge in [0.2, 0.25) is 0 Å². The minimum absolute atomic E-state index is 0.246. The summed E-state index contributed by atoms with van der Waals surface area (Å²) in [6, 6.07) is 2.05. The van der Waals surface area contributed by atoms with Gasteiger partial charge in [-0.15, -0.1) is 0 Å². The van der Waals surface area contributed by atoms with Crippen molar-refractivity contribution in [2.45, 2.75) is 20.3 Å². The molecule has 2 N–H and O–H groups in total. The molecule has 0 spiro atoms. The Hall–Kier alpha value is -1.61. The fourth-order valence-corrected chi connectivity index (χ4v) is 2.11. The van der Waals surface area contributed by atoms with Crippen molar-refractivity contribution in [3.8, 4) is 0 Å². The number of nitrogens with zero attached hydrogens (tertiary/aromatic N) is 1. The van der Waals surface area contributed by atoms with E-state index in [0.717, 1.165) is 17.0 Å². The Morgan fingerprint density at radius 1 is 1.50 bits per heavy atom. The molecule has 2 nitrogen and oxygen atoms in total. The summed E-state index contributed by atoms with van der Waals surface area (Å²) in [6.45, 7) is 7.97. The lowest BCUT2D eigenvalue weighted by molar-refractivity contribution is 0.662. The quantitative estimate of drug-likeness (QED) is 0.795. The fraction of sp³-hybridized carbons (Fsp3) is 0.333. The van der Waals surface area contributed by atoms with E-state index in [-0.39, 0.29) is 5.83 Å². The Bertz CT molecular complexity index is 493. The van der Waals surface area contributed by atoms with Crippen molar-refractivity contribution in [2.75, 3.05) is 6.54 Å². The summed E-state index contributed by atoms with van der Waals surface area (Å²) in [7, 11) is 1.94. The van der Waals surface area contributed by atoms with Crippen LogP contribution in [0.5, 0.6) is 0 Å². The zero-order chi connectivity index (χ0) is 13.7. The molecule has 0 aliphatic heterocycles. The first-order chi connectivity index (χ1) is 8.52. The van der Waals surface area contributed by atoms with E-state index in [1.165, 1.54) is 6.08 Å². The number of allylic oxidation sites excluding steroid dienone is 4. The first kappa shape index (κ1) is 14.5. The van der Waals surface area contributed by atoms with Gasteiger partial charge in [-0.05, 0) is 44.5 Å². The highest BCUT2D eigenvalue weighted by molar-refractivity contribution is 5.70. The molecule has 3 heteroatoms. The van der Waals surface area contributed by atoms with Crippen LogP contribution in [0.3, 0.4) is 0 Å². The van der Waals surface area contributed by atoms with Crippen molar-refractivity contribution in [1.29, 1.82) is 0 Å². The highest BCUT2D eigenvalue weighted by Crippen LogP contribution is 2.28. The molecule has 0 unspecified atom stereocenters. The number of nitrogens with two attached hydrogens (primary N) is 1. The molecule has 1 aromatic heterocycles. The molecule has 0 aliphatic carbocycles. The van der Waals surface area contributed by atoms with Crippen LogP contribution in [0.25, 0.3) is 5.57 Å². The van der Waals surface area contributed by atoms with Crippen LogP contribution >= 0.6 is 0 Å². The second-order valence-electron chi connectivity index (χ2n) is 4.34. The normalized spacial score (nSPS) is 12.9. The van der Waals surface area contributed by atoms with Gasteiger partial charge in [-0.2, -0.15) is 0 Å². The molecular formula is C15H21FN2. The highest BCUT2D eigenvalue weighted by atomic mass is 19.1. The van der Waals surface area contributed by atoms with Crippen molar-refractivity contribution >= 4 is 5.57 Å². The molecule has 0 amide bonds. The van der Waals surface area contributed by atoms with E-state index in [4.69, 9.17) is 5.73 Å². The number of hydrogen-bond donors (Lipinski definition) is 1. The van der Waals surface area contributed by atoms with Gasteiger partial charge >= 0.3 is 0 Å². The summed E-state index contributed by atoms with van der Waals surface area (Å²) in [4.78, 5) is 0. The van der Waals surface area contributed by atoms with E-state index < -0.39 is 0 Å². The molecule has 1 aromatic rings. The third kappa shape index (κ3) is 2.99. The molecular weight excluding hydrogens is 227 g/mol. The first-order valence-corrected chi connectivity index (χ1v) is 6.04. The summed E-state index contributed by atoms with van der Waals surface area (Å²) in [6.07, 6.45) is 5.10. The molecule has 0 aromatic carbocycles. The van der Waals surface area contributed by atoms with Crippen molar-refractivity contribution < 1.29 is 4.39 Å². The van der Waals surface area contributed by atoms with E-state index in [1.54, 1.807) is 12.2 Å². The zero-order valence-electron chi connectivity index (χ0n) is 11.3. The Labute approximate surface area is 108 Å². The summed E-state index contributed by atoms with van der Waals surface area (Å²) >= 11 is 0. The summed E-state index contributed by atoms with van der Waals surface area (Å²) < 4.78 is 16.2. The smallest absolute Gasteiger partial charge is 0.128 e. The number of aromatic nitrogens is 1. The Morgan fingerprint density at radius 3 is 2.61 bits per heavy atom. The molecule has 18 heavy (non-hydrogen) atoms. The van der Waals surface area contributed by atoms with Gasteiger partial charge in [0.05, 0.1) is 0 Å². The second-order valence-corrected chi connectivity index (χ2v) is 4.34. The van der Waals surface area contributed by atoms with Gasteiger partial charge in [0.1, 0.15) is 5.83 Å². The summed E-state index contributed by atoms with van der Waals surface area (Å²) in [5.41, 5.74) is 9.34. The largest absolute Gasteiger partial charge is 0.348 e. The van der Waals surface area contributed by atoms with E-state index in [9.17, 15) is 4.39 Å². The van der Waals surface area contributed by atoms with Gasteiger partial charge in [-0.3, -0.25) is 0 Å². The number of hydrogen-bond acceptors (Lipinski definition) is 1. The van der Waals surface area contributed by atoms with Crippen LogP contribution in [0.15, 0.2) is 36.7 Å². The predicted molar refractivity (Wildman–Crippen MR) is 75.9 cm³/mol. The Morgan fingerprint density at radius 2 is 2.17 bits per heavy atom. The topological polar surface area (TPSA) is 30.9 Å². The van der Waals surface area contributed by atoms with Crippen molar-refractivity contribution in [1.82, 2.24) is 4.57 Å². The van der Waals surface area contributed by atoms with Gasteiger partial charge in [-0.1, -0.05) is 18.7 Å². The molecule has 0 saturated heterocycles. The Balaban J connectivity index is 3.36. The van der Waals surface area contributed by atoms with Gasteiger partial charge in [-0.25, -0.2) is 4.39 Å². The molecule has 0 radical (unpaired) electrons. The average Bonchev–Trinajstić information content (AvgIpc) is 2.58. The molecule has 1 rings (SSSR count). The van der Waals surface area contributed by atoms with Crippen LogP contribution in [0, 0.1) is 13.8 Å². The van der Waals surface area contributed by atoms with Crippen LogP contribution < -0.4 is 5.73 Å². The Kier molecular flexibility index (Phi) is 5.10. The molecule has 0 atom stereocenters. The third-order valence-electron chi connectivity index (χ3n) is 3.01. The molecule has 0 saturated carbocycles. The minimum atomic E-state index is -0.246. The SMILES string of the molecule is C=C/C=C\C(F)=C(/CCN)c1c(C)cc(C)n1C. The van der Waals surface area contributed by atoms with Crippen LogP contribution in [0.1, 0.15) is 23.4 Å². The monoisotopic (exact) mass is 248 g/mol. The zero-order valence-corrected chi connectivity index (χ0v) is 11.3. The second kappa shape index (κ2) is 6.36. The maximum atomic E-state index is 14.2. The van der Waals surface area contributed by atoms with Crippen LogP contribution in [-0.2, 0) is 7.05 Å². The molecule has 0 fully saturated rings. The van der Waals surface area contributed by atoms with Crippen molar-refractivity contribution in [3.63, 3.8) is 0 Å². The minimum Gasteiger partial charge on any atom is -0.348 e. The number of aryl methyl sites for hydroxylation is 2. The number of rotatable bonds is 5. The van der Waals surface area contributed by atoms with Crippen LogP contribution in [0.2, 0.25) is 0 Å². The average molecular weight is 248 g/mol. The van der Waals surface area contributed by atoms with Gasteiger partial charge in [0.15, 0.2) is 0 Å². The third-order valence-corrected chi connectivity index (χ3v) is 3.01. The highest BCUT2D eigenvalue weighted by Gasteiger charge is 2.14. The van der Waals surface area contributed by atoms with Crippen molar-refractivity contribution in [2.24, 2.45) is 12.8 Å². The van der Waals surface area contributed by atoms with E-state index in [2.05, 4.69) is 12.6 Å². The maximum Gasteiger partial charge on any atom is 0.128 e. The van der Waals surface area contributed by atoms with Crippen molar-refractivity contribution in [3.05, 3.63) is 53.7 Å². The molecule has 98 valence electrons. The fourth-order valence-electron chi connectivity index (χ4n) is 2.11. The lowest BCUT2D eigenvalue weighted by atomic mass is 10.0. The van der Waals surface area contributed by atoms with Gasteiger partial charge in [0.25, 0.3) is 0 Å². The molecule has 0 bridgehead atoms. The van der Waals surface area contributed by atoms with Gasteiger partial charge in [0, 0.05) is 24.0 Å². The summed E-state index contributed by atoms with van der Waals surface area (Å²) in [5, 5.41) is 0. The van der Waals surface area contributed by atoms with Crippen LogP contribution in [-0.4, -0.2) is 11.1 Å². The summed E-state index contributed by atoms with van der Waals surface area (Å²) in [5.74, 6) is -0.246. The van der Waals surface area contributed by atoms with Crippen LogP contribution in [0.4, 0.5) is 4.39 Å². The van der Waals surface area contributed by atoms with E-state index in [0.29, 0.717) is 18.5 Å². The predicted octanol–water partition coefficient (Wildman–Crippen LogP) is 3.41. The lowest BCUT2D eigenvalue weighted by Crippen LogP contribution is -2.06. The number of halogens is 1.